The Morgan fingerprint density at radius 3 is 2.18 bits per heavy atom. The van der Waals surface area contributed by atoms with Gasteiger partial charge < -0.3 is 10.6 Å². The minimum atomic E-state index is 0.317. The van der Waals surface area contributed by atoms with Crippen molar-refractivity contribution in [2.75, 3.05) is 32.7 Å². The topological polar surface area (TPSA) is 32.5 Å². The number of nitrogens with two attached hydrogens (primary N) is 1. The van der Waals surface area contributed by atoms with Gasteiger partial charge in [0.05, 0.1) is 4.99 Å². The van der Waals surface area contributed by atoms with Gasteiger partial charge in [-0.3, -0.25) is 4.90 Å². The summed E-state index contributed by atoms with van der Waals surface area (Å²) < 4.78 is 0. The second kappa shape index (κ2) is 6.66. The fourth-order valence-corrected chi connectivity index (χ4v) is 2.42. The molecule has 3 nitrogen and oxygen atoms in total. The van der Waals surface area contributed by atoms with E-state index in [1.165, 1.54) is 39.1 Å². The molecule has 4 heteroatoms. The van der Waals surface area contributed by atoms with E-state index in [4.69, 9.17) is 18.0 Å². The second-order valence-corrected chi connectivity index (χ2v) is 6.45. The van der Waals surface area contributed by atoms with Crippen molar-refractivity contribution in [2.45, 2.75) is 45.6 Å². The molecule has 0 aromatic heterocycles. The molecule has 0 radical (unpaired) electrons. The van der Waals surface area contributed by atoms with E-state index in [2.05, 4.69) is 30.6 Å². The SMILES string of the molecule is CC(C)(C)N1CCN(CCCCC(N)=S)CC1. The van der Waals surface area contributed by atoms with Crippen molar-refractivity contribution in [3.05, 3.63) is 0 Å². The van der Waals surface area contributed by atoms with Crippen LogP contribution in [-0.4, -0.2) is 53.1 Å². The molecule has 0 bridgehead atoms. The van der Waals surface area contributed by atoms with E-state index in [0.717, 1.165) is 12.8 Å². The molecule has 1 saturated heterocycles. The van der Waals surface area contributed by atoms with Crippen molar-refractivity contribution in [3.8, 4) is 0 Å². The highest BCUT2D eigenvalue weighted by Crippen LogP contribution is 2.15. The van der Waals surface area contributed by atoms with Crippen molar-refractivity contribution in [1.29, 1.82) is 0 Å². The number of nitrogens with zero attached hydrogens (tertiary/aromatic N) is 2. The van der Waals surface area contributed by atoms with Crippen LogP contribution in [0, 0.1) is 0 Å². The molecular formula is C13H27N3S. The molecule has 1 heterocycles. The predicted octanol–water partition coefficient (Wildman–Crippen LogP) is 1.86. The van der Waals surface area contributed by atoms with Crippen LogP contribution in [0.5, 0.6) is 0 Å². The molecule has 0 aromatic carbocycles. The molecule has 0 saturated carbocycles. The van der Waals surface area contributed by atoms with Gasteiger partial charge in [-0.2, -0.15) is 0 Å². The lowest BCUT2D eigenvalue weighted by atomic mass is 10.0. The highest BCUT2D eigenvalue weighted by atomic mass is 32.1. The molecular weight excluding hydrogens is 230 g/mol. The van der Waals surface area contributed by atoms with Gasteiger partial charge in [0.15, 0.2) is 0 Å². The smallest absolute Gasteiger partial charge is 0.0727 e. The Bertz CT molecular complexity index is 240. The number of rotatable bonds is 5. The Labute approximate surface area is 111 Å². The molecule has 0 aliphatic carbocycles. The summed E-state index contributed by atoms with van der Waals surface area (Å²) in [7, 11) is 0. The zero-order chi connectivity index (χ0) is 12.9. The number of hydrogen-bond donors (Lipinski definition) is 1. The van der Waals surface area contributed by atoms with Crippen molar-refractivity contribution in [3.63, 3.8) is 0 Å². The van der Waals surface area contributed by atoms with Gasteiger partial charge in [-0.05, 0) is 46.6 Å². The summed E-state index contributed by atoms with van der Waals surface area (Å²) in [5.74, 6) is 0. The molecule has 0 spiro atoms. The van der Waals surface area contributed by atoms with E-state index in [9.17, 15) is 0 Å². The van der Waals surface area contributed by atoms with Crippen LogP contribution in [-0.2, 0) is 0 Å². The average Bonchev–Trinajstić information content (AvgIpc) is 2.23. The van der Waals surface area contributed by atoms with Gasteiger partial charge in [0.25, 0.3) is 0 Å². The maximum absolute atomic E-state index is 5.49. The molecule has 1 aliphatic heterocycles. The third kappa shape index (κ3) is 5.80. The monoisotopic (exact) mass is 257 g/mol. The first-order valence-corrected chi connectivity index (χ1v) is 7.06. The van der Waals surface area contributed by atoms with E-state index in [1.807, 2.05) is 0 Å². The zero-order valence-electron chi connectivity index (χ0n) is 11.5. The van der Waals surface area contributed by atoms with Crippen molar-refractivity contribution in [2.24, 2.45) is 5.73 Å². The molecule has 0 atom stereocenters. The van der Waals surface area contributed by atoms with E-state index in [1.54, 1.807) is 0 Å². The maximum atomic E-state index is 5.49. The molecule has 1 rings (SSSR count). The standard InChI is InChI=1S/C13H27N3S/c1-13(2,3)16-10-8-15(9-11-16)7-5-4-6-12(14)17/h4-11H2,1-3H3,(H2,14,17). The Morgan fingerprint density at radius 2 is 1.71 bits per heavy atom. The van der Waals surface area contributed by atoms with Gasteiger partial charge in [-0.25, -0.2) is 0 Å². The van der Waals surface area contributed by atoms with Crippen LogP contribution >= 0.6 is 12.2 Å². The molecule has 2 N–H and O–H groups in total. The Morgan fingerprint density at radius 1 is 1.12 bits per heavy atom. The molecule has 0 amide bonds. The van der Waals surface area contributed by atoms with Crippen LogP contribution in [0.25, 0.3) is 0 Å². The summed E-state index contributed by atoms with van der Waals surface area (Å²) >= 11 is 4.88. The summed E-state index contributed by atoms with van der Waals surface area (Å²) in [5.41, 5.74) is 5.81. The Balaban J connectivity index is 2.13. The molecule has 100 valence electrons. The summed E-state index contributed by atoms with van der Waals surface area (Å²) in [6, 6.07) is 0. The van der Waals surface area contributed by atoms with Crippen molar-refractivity contribution in [1.82, 2.24) is 9.80 Å². The van der Waals surface area contributed by atoms with Gasteiger partial charge in [0, 0.05) is 31.7 Å². The first-order valence-electron chi connectivity index (χ1n) is 6.65. The first-order chi connectivity index (χ1) is 7.89. The molecule has 1 aliphatic rings. The number of unbranched alkanes of at least 4 members (excludes halogenated alkanes) is 1. The van der Waals surface area contributed by atoms with E-state index in [0.29, 0.717) is 10.5 Å². The van der Waals surface area contributed by atoms with E-state index >= 15 is 0 Å². The maximum Gasteiger partial charge on any atom is 0.0727 e. The first kappa shape index (κ1) is 14.9. The van der Waals surface area contributed by atoms with Crippen LogP contribution in [0.3, 0.4) is 0 Å². The molecule has 0 unspecified atom stereocenters. The number of piperazine rings is 1. The van der Waals surface area contributed by atoms with Gasteiger partial charge in [0.1, 0.15) is 0 Å². The lowest BCUT2D eigenvalue weighted by Crippen LogP contribution is -2.53. The summed E-state index contributed by atoms with van der Waals surface area (Å²) in [6.07, 6.45) is 3.25. The average molecular weight is 257 g/mol. The lowest BCUT2D eigenvalue weighted by molar-refractivity contribution is 0.0617. The highest BCUT2D eigenvalue weighted by molar-refractivity contribution is 7.80. The molecule has 1 fully saturated rings. The van der Waals surface area contributed by atoms with Crippen LogP contribution in [0.15, 0.2) is 0 Å². The molecule has 0 aromatic rings. The van der Waals surface area contributed by atoms with E-state index < -0.39 is 0 Å². The highest BCUT2D eigenvalue weighted by Gasteiger charge is 2.25. The quantitative estimate of drug-likeness (QED) is 0.602. The minimum absolute atomic E-state index is 0.317. The number of thiocarbonyl (C=S) groups is 1. The van der Waals surface area contributed by atoms with Gasteiger partial charge in [-0.1, -0.05) is 12.2 Å². The van der Waals surface area contributed by atoms with Gasteiger partial charge in [-0.15, -0.1) is 0 Å². The van der Waals surface area contributed by atoms with Crippen molar-refractivity contribution < 1.29 is 0 Å². The normalized spacial score (nSPS) is 19.5. The summed E-state index contributed by atoms with van der Waals surface area (Å²) in [4.78, 5) is 5.78. The Kier molecular flexibility index (Phi) is 5.83. The van der Waals surface area contributed by atoms with Crippen LogP contribution in [0.2, 0.25) is 0 Å². The number of hydrogen-bond acceptors (Lipinski definition) is 3. The van der Waals surface area contributed by atoms with Crippen LogP contribution in [0.1, 0.15) is 40.0 Å². The minimum Gasteiger partial charge on any atom is -0.393 e. The Hall–Kier alpha value is -0.190. The van der Waals surface area contributed by atoms with Gasteiger partial charge >= 0.3 is 0 Å². The third-order valence-corrected chi connectivity index (χ3v) is 3.67. The third-order valence-electron chi connectivity index (χ3n) is 3.47. The summed E-state index contributed by atoms with van der Waals surface area (Å²) in [5, 5.41) is 0. The molecule has 17 heavy (non-hydrogen) atoms. The lowest BCUT2D eigenvalue weighted by Gasteiger charge is -2.42. The second-order valence-electron chi connectivity index (χ2n) is 5.92. The summed E-state index contributed by atoms with van der Waals surface area (Å²) in [6.45, 7) is 12.9. The fraction of sp³-hybridized carbons (Fsp3) is 0.923. The largest absolute Gasteiger partial charge is 0.393 e. The van der Waals surface area contributed by atoms with Crippen LogP contribution < -0.4 is 5.73 Å². The zero-order valence-corrected chi connectivity index (χ0v) is 12.4. The fourth-order valence-electron chi connectivity index (χ4n) is 2.28. The van der Waals surface area contributed by atoms with Crippen molar-refractivity contribution >= 4 is 17.2 Å². The van der Waals surface area contributed by atoms with Crippen LogP contribution in [0.4, 0.5) is 0 Å². The van der Waals surface area contributed by atoms with E-state index in [-0.39, 0.29) is 0 Å². The van der Waals surface area contributed by atoms with Gasteiger partial charge in [0.2, 0.25) is 0 Å². The predicted molar refractivity (Wildman–Crippen MR) is 78.4 cm³/mol.